The van der Waals surface area contributed by atoms with E-state index in [2.05, 4.69) is 31.6 Å². The Labute approximate surface area is 164 Å². The van der Waals surface area contributed by atoms with E-state index in [9.17, 15) is 8.42 Å². The summed E-state index contributed by atoms with van der Waals surface area (Å²) >= 11 is 3.57. The number of hydrogen-bond donors (Lipinski definition) is 2. The van der Waals surface area contributed by atoms with Crippen LogP contribution >= 0.6 is 15.9 Å². The summed E-state index contributed by atoms with van der Waals surface area (Å²) in [4.78, 5) is 4.62. The molecule has 0 amide bonds. The Morgan fingerprint density at radius 2 is 2.00 bits per heavy atom. The van der Waals surface area contributed by atoms with Crippen molar-refractivity contribution in [2.24, 2.45) is 4.99 Å². The first-order chi connectivity index (χ1) is 12.3. The third-order valence-corrected chi connectivity index (χ3v) is 7.62. The lowest BCUT2D eigenvalue weighted by atomic mass is 9.99. The molecule has 0 radical (unpaired) electrons. The molecule has 1 fully saturated rings. The highest BCUT2D eigenvalue weighted by atomic mass is 79.9. The fraction of sp³-hybridized carbons (Fsp3) is 0.611. The Morgan fingerprint density at radius 3 is 2.58 bits per heavy atom. The Morgan fingerprint density at radius 1 is 1.35 bits per heavy atom. The number of ether oxygens (including phenoxy) is 1. The topological polar surface area (TPSA) is 79.8 Å². The molecule has 6 nitrogen and oxygen atoms in total. The summed E-state index contributed by atoms with van der Waals surface area (Å²) in [6.45, 7) is 5.88. The molecule has 1 aromatic rings. The second kappa shape index (κ2) is 9.19. The number of sulfone groups is 1. The number of rotatable bonds is 6. The van der Waals surface area contributed by atoms with Crippen LogP contribution in [0.25, 0.3) is 0 Å². The number of hydrogen-bond acceptors (Lipinski definition) is 4. The lowest BCUT2D eigenvalue weighted by Gasteiger charge is -2.34. The van der Waals surface area contributed by atoms with Gasteiger partial charge in [0, 0.05) is 30.5 Å². The molecule has 0 aliphatic carbocycles. The van der Waals surface area contributed by atoms with Gasteiger partial charge in [-0.05, 0) is 38.3 Å². The molecule has 1 aliphatic heterocycles. The van der Waals surface area contributed by atoms with E-state index >= 15 is 0 Å². The van der Waals surface area contributed by atoms with Gasteiger partial charge >= 0.3 is 0 Å². The summed E-state index contributed by atoms with van der Waals surface area (Å²) in [7, 11) is -3.24. The van der Waals surface area contributed by atoms with Crippen molar-refractivity contribution in [2.45, 2.75) is 37.5 Å². The zero-order valence-corrected chi connectivity index (χ0v) is 18.0. The fourth-order valence-electron chi connectivity index (χ4n) is 3.04. The van der Waals surface area contributed by atoms with Crippen LogP contribution in [0.2, 0.25) is 0 Å². The van der Waals surface area contributed by atoms with Gasteiger partial charge in [-0.3, -0.25) is 4.99 Å². The summed E-state index contributed by atoms with van der Waals surface area (Å²) in [5.41, 5.74) is 1.11. The van der Waals surface area contributed by atoms with Gasteiger partial charge in [0.05, 0.1) is 17.3 Å². The number of halogens is 1. The van der Waals surface area contributed by atoms with Crippen LogP contribution in [0.5, 0.6) is 0 Å². The lowest BCUT2D eigenvalue weighted by Crippen LogP contribution is -2.47. The third kappa shape index (κ3) is 5.20. The third-order valence-electron chi connectivity index (χ3n) is 4.79. The Balaban J connectivity index is 2.18. The maximum atomic E-state index is 12.4. The molecule has 0 saturated carbocycles. The molecule has 0 aromatic heterocycles. The van der Waals surface area contributed by atoms with Crippen molar-refractivity contribution in [1.29, 1.82) is 0 Å². The van der Waals surface area contributed by atoms with Crippen LogP contribution in [0, 0.1) is 0 Å². The molecule has 2 rings (SSSR count). The van der Waals surface area contributed by atoms with E-state index in [-0.39, 0.29) is 12.6 Å². The van der Waals surface area contributed by atoms with Crippen molar-refractivity contribution in [3.8, 4) is 0 Å². The predicted molar refractivity (Wildman–Crippen MR) is 109 cm³/mol. The van der Waals surface area contributed by atoms with Crippen molar-refractivity contribution < 1.29 is 13.2 Å². The number of guanidine groups is 1. The summed E-state index contributed by atoms with van der Waals surface area (Å²) < 4.78 is 30.3. The van der Waals surface area contributed by atoms with Crippen molar-refractivity contribution in [1.82, 2.24) is 10.6 Å². The van der Waals surface area contributed by atoms with E-state index < -0.39 is 14.6 Å². The van der Waals surface area contributed by atoms with Gasteiger partial charge in [-0.2, -0.15) is 0 Å². The molecule has 2 N–H and O–H groups in total. The summed E-state index contributed by atoms with van der Waals surface area (Å²) in [5, 5.41) is 6.57. The van der Waals surface area contributed by atoms with E-state index in [1.54, 1.807) is 0 Å². The molecule has 1 saturated heterocycles. The molecular formula is C18H28BrN3O3S. The summed E-state index contributed by atoms with van der Waals surface area (Å²) in [5.74, 6) is 0.616. The minimum Gasteiger partial charge on any atom is -0.381 e. The minimum atomic E-state index is -3.24. The van der Waals surface area contributed by atoms with Gasteiger partial charge < -0.3 is 15.4 Å². The molecule has 1 aromatic carbocycles. The van der Waals surface area contributed by atoms with Crippen molar-refractivity contribution in [2.75, 3.05) is 32.6 Å². The van der Waals surface area contributed by atoms with Gasteiger partial charge in [-0.25, -0.2) is 8.42 Å². The Kier molecular flexibility index (Phi) is 7.49. The molecule has 0 spiro atoms. The smallest absolute Gasteiger partial charge is 0.191 e. The van der Waals surface area contributed by atoms with Crippen LogP contribution in [0.15, 0.2) is 33.7 Å². The second-order valence-corrected chi connectivity index (χ2v) is 9.91. The first-order valence-corrected chi connectivity index (χ1v) is 11.5. The van der Waals surface area contributed by atoms with Crippen LogP contribution in [0.3, 0.4) is 0 Å². The van der Waals surface area contributed by atoms with Gasteiger partial charge in [0.2, 0.25) is 0 Å². The highest BCUT2D eigenvalue weighted by Gasteiger charge is 2.42. The standard InChI is InChI=1S/C18H28BrN3O3S/c1-4-20-17(22-14(2)15-7-5-6-8-16(15)19)21-13-18(26(3,23)24)9-11-25-12-10-18/h5-8,14H,4,9-13H2,1-3H3,(H2,20,21,22). The van der Waals surface area contributed by atoms with Crippen molar-refractivity contribution in [3.63, 3.8) is 0 Å². The molecule has 1 unspecified atom stereocenters. The van der Waals surface area contributed by atoms with E-state index in [0.29, 0.717) is 38.6 Å². The van der Waals surface area contributed by atoms with Crippen molar-refractivity contribution >= 4 is 31.7 Å². The molecule has 1 atom stereocenters. The van der Waals surface area contributed by atoms with Crippen LogP contribution < -0.4 is 10.6 Å². The second-order valence-electron chi connectivity index (χ2n) is 6.65. The first kappa shape index (κ1) is 21.2. The average molecular weight is 446 g/mol. The normalized spacial score (nSPS) is 19.0. The van der Waals surface area contributed by atoms with Crippen LogP contribution in [0.4, 0.5) is 0 Å². The zero-order valence-electron chi connectivity index (χ0n) is 15.6. The van der Waals surface area contributed by atoms with Crippen LogP contribution in [0.1, 0.15) is 38.3 Å². The van der Waals surface area contributed by atoms with E-state index in [0.717, 1.165) is 10.0 Å². The maximum absolute atomic E-state index is 12.4. The SMILES string of the molecule is CCNC(=NCC1(S(C)(=O)=O)CCOCC1)NC(C)c1ccccc1Br. The Bertz CT molecular complexity index is 731. The van der Waals surface area contributed by atoms with Gasteiger partial charge in [0.15, 0.2) is 15.8 Å². The minimum absolute atomic E-state index is 0.0206. The largest absolute Gasteiger partial charge is 0.381 e. The van der Waals surface area contributed by atoms with E-state index in [1.165, 1.54) is 6.26 Å². The quantitative estimate of drug-likeness (QED) is 0.519. The predicted octanol–water partition coefficient (Wildman–Crippen LogP) is 2.66. The van der Waals surface area contributed by atoms with Crippen LogP contribution in [-0.2, 0) is 14.6 Å². The lowest BCUT2D eigenvalue weighted by molar-refractivity contribution is 0.0768. The highest BCUT2D eigenvalue weighted by molar-refractivity contribution is 9.10. The van der Waals surface area contributed by atoms with Crippen molar-refractivity contribution in [3.05, 3.63) is 34.3 Å². The number of benzene rings is 1. The highest BCUT2D eigenvalue weighted by Crippen LogP contribution is 2.30. The average Bonchev–Trinajstić information content (AvgIpc) is 2.60. The number of nitrogens with zero attached hydrogens (tertiary/aromatic N) is 1. The number of nitrogens with one attached hydrogen (secondary N) is 2. The molecular weight excluding hydrogens is 418 g/mol. The Hall–Kier alpha value is -1.12. The first-order valence-electron chi connectivity index (χ1n) is 8.86. The molecule has 26 heavy (non-hydrogen) atoms. The monoisotopic (exact) mass is 445 g/mol. The van der Waals surface area contributed by atoms with Gasteiger partial charge in [-0.15, -0.1) is 0 Å². The van der Waals surface area contributed by atoms with Gasteiger partial charge in [-0.1, -0.05) is 34.1 Å². The summed E-state index contributed by atoms with van der Waals surface area (Å²) in [6, 6.07) is 8.02. The summed E-state index contributed by atoms with van der Waals surface area (Å²) in [6.07, 6.45) is 2.26. The molecule has 0 bridgehead atoms. The maximum Gasteiger partial charge on any atom is 0.191 e. The number of aliphatic imine (C=N–C) groups is 1. The van der Waals surface area contributed by atoms with Crippen LogP contribution in [-0.4, -0.2) is 51.7 Å². The van der Waals surface area contributed by atoms with Gasteiger partial charge in [0.1, 0.15) is 0 Å². The molecule has 1 aliphatic rings. The molecule has 8 heteroatoms. The zero-order chi connectivity index (χ0) is 19.2. The van der Waals surface area contributed by atoms with Gasteiger partial charge in [0.25, 0.3) is 0 Å². The molecule has 146 valence electrons. The van der Waals surface area contributed by atoms with E-state index in [4.69, 9.17) is 4.74 Å². The van der Waals surface area contributed by atoms with E-state index in [1.807, 2.05) is 38.1 Å². The molecule has 1 heterocycles. The fourth-order valence-corrected chi connectivity index (χ4v) is 4.88.